The second-order valence-corrected chi connectivity index (χ2v) is 9.72. The third-order valence-corrected chi connectivity index (χ3v) is 7.12. The molecule has 2 N–H and O–H groups in total. The van der Waals surface area contributed by atoms with Gasteiger partial charge in [-0.15, -0.1) is 0 Å². The number of likely N-dealkylation sites (N-methyl/N-ethyl adjacent to an activating group) is 1. The van der Waals surface area contributed by atoms with E-state index in [9.17, 15) is 5.11 Å². The molecule has 1 aromatic heterocycles. The van der Waals surface area contributed by atoms with E-state index in [1.807, 2.05) is 36.5 Å². The third-order valence-electron chi connectivity index (χ3n) is 6.81. The molecule has 0 unspecified atom stereocenters. The van der Waals surface area contributed by atoms with Gasteiger partial charge in [0.15, 0.2) is 5.11 Å². The van der Waals surface area contributed by atoms with Crippen molar-refractivity contribution in [1.29, 1.82) is 0 Å². The lowest BCUT2D eigenvalue weighted by Crippen LogP contribution is -2.42. The van der Waals surface area contributed by atoms with E-state index in [1.54, 1.807) is 12.1 Å². The molecule has 6 heteroatoms. The van der Waals surface area contributed by atoms with Crippen molar-refractivity contribution in [2.75, 3.05) is 16.8 Å². The second kappa shape index (κ2) is 7.89. The molecule has 0 aliphatic carbocycles. The van der Waals surface area contributed by atoms with Crippen LogP contribution in [-0.4, -0.2) is 27.8 Å². The van der Waals surface area contributed by atoms with Crippen LogP contribution in [0.5, 0.6) is 5.75 Å². The van der Waals surface area contributed by atoms with Crippen LogP contribution in [0.4, 0.5) is 11.4 Å². The largest absolute Gasteiger partial charge is 0.508 e. The lowest BCUT2D eigenvalue weighted by molar-refractivity contribution is 0.475. The van der Waals surface area contributed by atoms with E-state index in [0.29, 0.717) is 5.11 Å². The first-order valence-electron chi connectivity index (χ1n) is 11.1. The molecular weight excluding hydrogens is 428 g/mol. The molecule has 5 nitrogen and oxygen atoms in total. The first kappa shape index (κ1) is 21.5. The number of phenols is 1. The summed E-state index contributed by atoms with van der Waals surface area (Å²) in [6, 6.07) is 19.7. The average Bonchev–Trinajstić information content (AvgIpc) is 3.15. The first-order valence-corrected chi connectivity index (χ1v) is 11.5. The van der Waals surface area contributed by atoms with Gasteiger partial charge in [-0.1, -0.05) is 18.2 Å². The highest BCUT2D eigenvalue weighted by Gasteiger charge is 2.41. The van der Waals surface area contributed by atoms with Gasteiger partial charge in [0.2, 0.25) is 0 Å². The second-order valence-electron chi connectivity index (χ2n) is 9.33. The molecule has 168 valence electrons. The highest BCUT2D eigenvalue weighted by atomic mass is 32.1. The van der Waals surface area contributed by atoms with E-state index in [0.717, 1.165) is 16.9 Å². The molecule has 0 radical (unpaired) electrons. The van der Waals surface area contributed by atoms with E-state index in [2.05, 4.69) is 72.2 Å². The number of nitrogens with one attached hydrogen (secondary N) is 1. The quantitative estimate of drug-likeness (QED) is 0.501. The summed E-state index contributed by atoms with van der Waals surface area (Å²) in [5, 5.41) is 14.0. The number of aromatic hydroxyl groups is 1. The minimum absolute atomic E-state index is 0.0380. The molecule has 3 heterocycles. The fraction of sp³-hybridized carbons (Fsp3) is 0.259. The highest BCUT2D eigenvalue weighted by Crippen LogP contribution is 2.45. The lowest BCUT2D eigenvalue weighted by Gasteiger charge is -2.41. The SMILES string of the molecule is CC1=CC(C)(C)N(C)c2ccc([C@H]3[C@H](c4ccccn4)NC(=S)N3c3ccc(O)cc3)cc21. The summed E-state index contributed by atoms with van der Waals surface area (Å²) < 4.78 is 0. The normalized spacial score (nSPS) is 21.5. The Bertz CT molecular complexity index is 1240. The van der Waals surface area contributed by atoms with Crippen LogP contribution in [0.2, 0.25) is 0 Å². The molecule has 5 rings (SSSR count). The first-order chi connectivity index (χ1) is 15.8. The Hall–Kier alpha value is -3.38. The van der Waals surface area contributed by atoms with Crippen LogP contribution >= 0.6 is 12.2 Å². The lowest BCUT2D eigenvalue weighted by atomic mass is 9.86. The molecule has 0 saturated carbocycles. The minimum atomic E-state index is -0.104. The van der Waals surface area contributed by atoms with Crippen LogP contribution in [0.3, 0.4) is 0 Å². The van der Waals surface area contributed by atoms with Crippen molar-refractivity contribution in [2.24, 2.45) is 0 Å². The van der Waals surface area contributed by atoms with Crippen LogP contribution < -0.4 is 15.1 Å². The maximum atomic E-state index is 9.82. The third kappa shape index (κ3) is 3.64. The summed E-state index contributed by atoms with van der Waals surface area (Å²) in [6.07, 6.45) is 4.14. The number of fused-ring (bicyclic) bond motifs is 1. The zero-order valence-electron chi connectivity index (χ0n) is 19.3. The molecule has 0 spiro atoms. The molecule has 3 aromatic rings. The molecular formula is C27H28N4OS. The predicted octanol–water partition coefficient (Wildman–Crippen LogP) is 5.60. The maximum absolute atomic E-state index is 9.82. The van der Waals surface area contributed by atoms with E-state index in [-0.39, 0.29) is 23.4 Å². The van der Waals surface area contributed by atoms with Crippen LogP contribution in [0.15, 0.2) is 72.9 Å². The van der Waals surface area contributed by atoms with Gasteiger partial charge < -0.3 is 20.2 Å². The molecule has 0 amide bonds. The van der Waals surface area contributed by atoms with Gasteiger partial charge >= 0.3 is 0 Å². The number of allylic oxidation sites excluding steroid dienone is 1. The topological polar surface area (TPSA) is 51.6 Å². The van der Waals surface area contributed by atoms with Crippen molar-refractivity contribution in [2.45, 2.75) is 38.4 Å². The van der Waals surface area contributed by atoms with Crippen molar-refractivity contribution in [1.82, 2.24) is 10.3 Å². The van der Waals surface area contributed by atoms with Gasteiger partial charge in [-0.05, 0) is 92.7 Å². The Kier molecular flexibility index (Phi) is 5.13. The van der Waals surface area contributed by atoms with Crippen LogP contribution in [0, 0.1) is 0 Å². The van der Waals surface area contributed by atoms with Crippen molar-refractivity contribution < 1.29 is 5.11 Å². The zero-order chi connectivity index (χ0) is 23.3. The Balaban J connectivity index is 1.65. The highest BCUT2D eigenvalue weighted by molar-refractivity contribution is 7.80. The molecule has 0 bridgehead atoms. The van der Waals surface area contributed by atoms with Crippen molar-refractivity contribution in [3.8, 4) is 5.75 Å². The predicted molar refractivity (Wildman–Crippen MR) is 139 cm³/mol. The number of anilines is 2. The van der Waals surface area contributed by atoms with E-state index in [1.165, 1.54) is 16.8 Å². The van der Waals surface area contributed by atoms with Gasteiger partial charge in [-0.25, -0.2) is 0 Å². The van der Waals surface area contributed by atoms with Gasteiger partial charge in [0.25, 0.3) is 0 Å². The summed E-state index contributed by atoms with van der Waals surface area (Å²) >= 11 is 5.81. The van der Waals surface area contributed by atoms with Crippen molar-refractivity contribution >= 4 is 34.3 Å². The number of aromatic nitrogens is 1. The van der Waals surface area contributed by atoms with Gasteiger partial charge in [-0.3, -0.25) is 4.98 Å². The van der Waals surface area contributed by atoms with Crippen LogP contribution in [-0.2, 0) is 0 Å². The summed E-state index contributed by atoms with van der Waals surface area (Å²) in [4.78, 5) is 9.09. The molecule has 2 atom stereocenters. The Morgan fingerprint density at radius 3 is 2.52 bits per heavy atom. The van der Waals surface area contributed by atoms with E-state index >= 15 is 0 Å². The summed E-state index contributed by atoms with van der Waals surface area (Å²) in [6.45, 7) is 6.65. The van der Waals surface area contributed by atoms with Crippen LogP contribution in [0.25, 0.3) is 5.57 Å². The van der Waals surface area contributed by atoms with E-state index < -0.39 is 0 Å². The number of thiocarbonyl (C=S) groups is 1. The van der Waals surface area contributed by atoms with Crippen molar-refractivity contribution in [3.63, 3.8) is 0 Å². The number of hydrogen-bond acceptors (Lipinski definition) is 4. The Morgan fingerprint density at radius 2 is 1.82 bits per heavy atom. The van der Waals surface area contributed by atoms with E-state index in [4.69, 9.17) is 12.2 Å². The molecule has 1 fully saturated rings. The molecule has 2 aliphatic heterocycles. The van der Waals surface area contributed by atoms with Crippen LogP contribution in [0.1, 0.15) is 49.7 Å². The molecule has 2 aliphatic rings. The molecule has 1 saturated heterocycles. The monoisotopic (exact) mass is 456 g/mol. The molecule has 33 heavy (non-hydrogen) atoms. The summed E-state index contributed by atoms with van der Waals surface area (Å²) in [5.74, 6) is 0.231. The Labute approximate surface area is 200 Å². The number of pyridine rings is 1. The number of phenolic OH excluding ortho intramolecular Hbond substituents is 1. The van der Waals surface area contributed by atoms with Gasteiger partial charge in [-0.2, -0.15) is 0 Å². The number of nitrogens with zero attached hydrogens (tertiary/aromatic N) is 3. The number of hydrogen-bond donors (Lipinski definition) is 2. The zero-order valence-corrected chi connectivity index (χ0v) is 20.1. The minimum Gasteiger partial charge on any atom is -0.508 e. The molecule has 2 aromatic carbocycles. The standard InChI is InChI=1S/C27H28N4OS/c1-17-16-27(2,3)30(4)23-13-8-18(15-21(17)23)25-24(22-7-5-6-14-28-22)29-26(33)31(25)19-9-11-20(32)12-10-19/h5-16,24-25,32H,1-4H3,(H,29,33)/t24-,25-/m0/s1. The van der Waals surface area contributed by atoms with Gasteiger partial charge in [0, 0.05) is 30.2 Å². The van der Waals surface area contributed by atoms with Gasteiger partial charge in [0.1, 0.15) is 5.75 Å². The fourth-order valence-electron chi connectivity index (χ4n) is 4.95. The summed E-state index contributed by atoms with van der Waals surface area (Å²) in [7, 11) is 2.15. The van der Waals surface area contributed by atoms with Gasteiger partial charge in [0.05, 0.1) is 23.3 Å². The maximum Gasteiger partial charge on any atom is 0.174 e. The number of rotatable bonds is 3. The number of benzene rings is 2. The fourth-order valence-corrected chi connectivity index (χ4v) is 5.29. The summed E-state index contributed by atoms with van der Waals surface area (Å²) in [5.41, 5.74) is 6.72. The Morgan fingerprint density at radius 1 is 1.06 bits per heavy atom. The van der Waals surface area contributed by atoms with Crippen molar-refractivity contribution in [3.05, 3.63) is 89.8 Å². The smallest absolute Gasteiger partial charge is 0.174 e. The average molecular weight is 457 g/mol.